The van der Waals surface area contributed by atoms with Crippen molar-refractivity contribution in [3.63, 3.8) is 0 Å². The lowest BCUT2D eigenvalue weighted by Gasteiger charge is -2.30. The zero-order valence-corrected chi connectivity index (χ0v) is 11.8. The summed E-state index contributed by atoms with van der Waals surface area (Å²) >= 11 is 0. The lowest BCUT2D eigenvalue weighted by atomic mass is 9.92. The molecule has 0 radical (unpaired) electrons. The third-order valence-electron chi connectivity index (χ3n) is 3.44. The Bertz CT molecular complexity index is 698. The minimum absolute atomic E-state index is 0.280. The summed E-state index contributed by atoms with van der Waals surface area (Å²) in [4.78, 5) is 10.5. The molecule has 0 heterocycles. The number of halogens is 7. The molecule has 0 fully saturated rings. The van der Waals surface area contributed by atoms with Crippen LogP contribution in [0.1, 0.15) is 15.9 Å². The van der Waals surface area contributed by atoms with Crippen molar-refractivity contribution < 1.29 is 35.5 Å². The molecular formula is C16H9F7O. The van der Waals surface area contributed by atoms with Gasteiger partial charge in [0.2, 0.25) is 0 Å². The topological polar surface area (TPSA) is 17.1 Å². The van der Waals surface area contributed by atoms with Gasteiger partial charge in [0.25, 0.3) is 0 Å². The van der Waals surface area contributed by atoms with Gasteiger partial charge in [-0.3, -0.25) is 4.79 Å². The van der Waals surface area contributed by atoms with Crippen molar-refractivity contribution >= 4 is 6.29 Å². The number of hydrogen-bond acceptors (Lipinski definition) is 1. The summed E-state index contributed by atoms with van der Waals surface area (Å²) in [7, 11) is 0. The van der Waals surface area contributed by atoms with Crippen LogP contribution in [-0.2, 0) is 5.67 Å². The van der Waals surface area contributed by atoms with E-state index in [2.05, 4.69) is 0 Å². The van der Waals surface area contributed by atoms with Gasteiger partial charge in [-0.05, 0) is 11.1 Å². The van der Waals surface area contributed by atoms with Crippen LogP contribution in [0.25, 0.3) is 11.1 Å². The van der Waals surface area contributed by atoms with Crippen LogP contribution in [0.4, 0.5) is 30.7 Å². The van der Waals surface area contributed by atoms with E-state index in [-0.39, 0.29) is 5.56 Å². The number of carbonyl (C=O) groups excluding carboxylic acids is 1. The van der Waals surface area contributed by atoms with Crippen LogP contribution in [0.3, 0.4) is 0 Å². The maximum absolute atomic E-state index is 13.9. The van der Waals surface area contributed by atoms with E-state index in [1.807, 2.05) is 0 Å². The molecule has 24 heavy (non-hydrogen) atoms. The Morgan fingerprint density at radius 2 is 1.00 bits per heavy atom. The lowest BCUT2D eigenvalue weighted by molar-refractivity contribution is -0.348. The van der Waals surface area contributed by atoms with Gasteiger partial charge in [0.05, 0.1) is 0 Å². The Morgan fingerprint density at radius 3 is 1.33 bits per heavy atom. The summed E-state index contributed by atoms with van der Waals surface area (Å²) in [5.41, 5.74) is -5.90. The highest BCUT2D eigenvalue weighted by molar-refractivity contribution is 5.76. The molecule has 0 bridgehead atoms. The molecule has 2 aromatic carbocycles. The van der Waals surface area contributed by atoms with Gasteiger partial charge in [-0.15, -0.1) is 0 Å². The third kappa shape index (κ3) is 3.00. The van der Waals surface area contributed by atoms with Gasteiger partial charge in [0, 0.05) is 11.1 Å². The number of carbonyl (C=O) groups is 1. The molecule has 0 amide bonds. The van der Waals surface area contributed by atoms with Crippen molar-refractivity contribution in [1.29, 1.82) is 0 Å². The Balaban J connectivity index is 2.45. The van der Waals surface area contributed by atoms with Gasteiger partial charge in [-0.1, -0.05) is 48.5 Å². The summed E-state index contributed by atoms with van der Waals surface area (Å²) in [5, 5.41) is 0. The summed E-state index contributed by atoms with van der Waals surface area (Å²) in [6.07, 6.45) is -11.7. The summed E-state index contributed by atoms with van der Waals surface area (Å²) < 4.78 is 89.9. The molecule has 2 aromatic rings. The Kier molecular flexibility index (Phi) is 4.43. The molecule has 0 spiro atoms. The first kappa shape index (κ1) is 18.0. The van der Waals surface area contributed by atoms with Crippen molar-refractivity contribution in [2.45, 2.75) is 18.0 Å². The zero-order chi connectivity index (χ0) is 18.2. The van der Waals surface area contributed by atoms with Gasteiger partial charge < -0.3 is 0 Å². The van der Waals surface area contributed by atoms with Crippen molar-refractivity contribution in [1.82, 2.24) is 0 Å². The van der Waals surface area contributed by atoms with E-state index in [1.54, 1.807) is 0 Å². The minimum atomic E-state index is -6.14. The Morgan fingerprint density at radius 1 is 0.625 bits per heavy atom. The summed E-state index contributed by atoms with van der Waals surface area (Å²) in [6, 6.07) is 8.61. The van der Waals surface area contributed by atoms with E-state index in [9.17, 15) is 35.5 Å². The maximum Gasteiger partial charge on any atom is 0.435 e. The zero-order valence-electron chi connectivity index (χ0n) is 11.8. The molecule has 0 aromatic heterocycles. The number of aldehydes is 1. The average Bonchev–Trinajstić information content (AvgIpc) is 2.52. The fourth-order valence-electron chi connectivity index (χ4n) is 2.13. The molecule has 0 saturated heterocycles. The number of alkyl halides is 7. The number of rotatable bonds is 3. The Hall–Kier alpha value is -2.38. The molecule has 0 atom stereocenters. The van der Waals surface area contributed by atoms with Crippen molar-refractivity contribution in [2.75, 3.05) is 0 Å². The van der Waals surface area contributed by atoms with Crippen LogP contribution in [-0.4, -0.2) is 18.6 Å². The van der Waals surface area contributed by atoms with E-state index >= 15 is 0 Å². The maximum atomic E-state index is 13.9. The smallest absolute Gasteiger partial charge is 0.298 e. The van der Waals surface area contributed by atoms with Crippen LogP contribution in [0.5, 0.6) is 0 Å². The van der Waals surface area contributed by atoms with E-state index in [0.717, 1.165) is 12.1 Å². The van der Waals surface area contributed by atoms with E-state index < -0.39 is 23.6 Å². The third-order valence-corrected chi connectivity index (χ3v) is 3.44. The van der Waals surface area contributed by atoms with Crippen molar-refractivity contribution in [2.24, 2.45) is 0 Å². The largest absolute Gasteiger partial charge is 0.435 e. The first-order valence-corrected chi connectivity index (χ1v) is 6.49. The highest BCUT2D eigenvalue weighted by Gasteiger charge is 2.73. The second-order valence-corrected chi connectivity index (χ2v) is 4.97. The number of hydrogen-bond donors (Lipinski definition) is 0. The van der Waals surface area contributed by atoms with E-state index in [4.69, 9.17) is 0 Å². The monoisotopic (exact) mass is 350 g/mol. The van der Waals surface area contributed by atoms with Crippen LogP contribution in [0.15, 0.2) is 48.5 Å². The molecule has 2 rings (SSSR count). The van der Waals surface area contributed by atoms with Crippen molar-refractivity contribution in [3.8, 4) is 11.1 Å². The molecule has 0 aliphatic carbocycles. The lowest BCUT2D eigenvalue weighted by Crippen LogP contribution is -2.50. The second kappa shape index (κ2) is 5.92. The highest BCUT2D eigenvalue weighted by atomic mass is 19.4. The minimum Gasteiger partial charge on any atom is -0.298 e. The molecule has 1 nitrogen and oxygen atoms in total. The van der Waals surface area contributed by atoms with E-state index in [1.165, 1.54) is 24.3 Å². The molecular weight excluding hydrogens is 341 g/mol. The molecule has 8 heteroatoms. The molecule has 0 aliphatic rings. The average molecular weight is 350 g/mol. The first-order chi connectivity index (χ1) is 11.0. The fraction of sp³-hybridized carbons (Fsp3) is 0.188. The van der Waals surface area contributed by atoms with Gasteiger partial charge in [-0.25, -0.2) is 4.39 Å². The number of benzene rings is 2. The van der Waals surface area contributed by atoms with Gasteiger partial charge in [0.1, 0.15) is 6.29 Å². The van der Waals surface area contributed by atoms with Gasteiger partial charge >= 0.3 is 18.0 Å². The van der Waals surface area contributed by atoms with Crippen LogP contribution >= 0.6 is 0 Å². The normalized spacial score (nSPS) is 13.0. The molecule has 0 N–H and O–H groups in total. The molecule has 0 saturated carbocycles. The summed E-state index contributed by atoms with van der Waals surface area (Å²) in [6.45, 7) is 0. The van der Waals surface area contributed by atoms with E-state index in [0.29, 0.717) is 29.5 Å². The van der Waals surface area contributed by atoms with Crippen LogP contribution in [0.2, 0.25) is 0 Å². The van der Waals surface area contributed by atoms with Gasteiger partial charge in [0.15, 0.2) is 0 Å². The quantitative estimate of drug-likeness (QED) is 0.531. The van der Waals surface area contributed by atoms with Crippen LogP contribution in [0, 0.1) is 0 Å². The highest BCUT2D eigenvalue weighted by Crippen LogP contribution is 2.53. The van der Waals surface area contributed by atoms with Crippen LogP contribution < -0.4 is 0 Å². The first-order valence-electron chi connectivity index (χ1n) is 6.49. The van der Waals surface area contributed by atoms with Gasteiger partial charge in [-0.2, -0.15) is 26.3 Å². The molecule has 128 valence electrons. The summed E-state index contributed by atoms with van der Waals surface area (Å²) in [5.74, 6) is 0. The molecule has 0 unspecified atom stereocenters. The standard InChI is InChI=1S/C16H9F7O/c17-14(15(18,19)20,16(21,22)23)13-7-5-12(6-8-13)11-3-1-10(9-24)2-4-11/h1-9H. The predicted molar refractivity (Wildman–Crippen MR) is 72.2 cm³/mol. The SMILES string of the molecule is O=Cc1ccc(-c2ccc(C(F)(C(F)(F)F)C(F)(F)F)cc2)cc1. The predicted octanol–water partition coefficient (Wildman–Crippen LogP) is 5.46. The molecule has 0 aliphatic heterocycles. The second-order valence-electron chi connectivity index (χ2n) is 4.97. The van der Waals surface area contributed by atoms with Crippen molar-refractivity contribution in [3.05, 3.63) is 59.7 Å². The fourth-order valence-corrected chi connectivity index (χ4v) is 2.13. The Labute approximate surface area is 131 Å².